The van der Waals surface area contributed by atoms with Crippen molar-refractivity contribution in [1.82, 2.24) is 0 Å². The highest BCUT2D eigenvalue weighted by molar-refractivity contribution is 5.84. The molecule has 134 valence electrons. The molecule has 0 atom stereocenters. The van der Waals surface area contributed by atoms with E-state index in [9.17, 15) is 4.79 Å². The molecule has 25 heavy (non-hydrogen) atoms. The lowest BCUT2D eigenvalue weighted by molar-refractivity contribution is 0.174. The first-order chi connectivity index (χ1) is 12.3. The average molecular weight is 343 g/mol. The van der Waals surface area contributed by atoms with Crippen molar-refractivity contribution in [2.45, 2.75) is 32.1 Å². The average Bonchev–Trinajstić information content (AvgIpc) is 3.07. The van der Waals surface area contributed by atoms with Crippen LogP contribution in [0.1, 0.15) is 37.2 Å². The summed E-state index contributed by atoms with van der Waals surface area (Å²) in [7, 11) is 0. The summed E-state index contributed by atoms with van der Waals surface area (Å²) in [6, 6.07) is 13.0. The molecule has 5 heteroatoms. The van der Waals surface area contributed by atoms with E-state index in [-0.39, 0.29) is 13.2 Å². The second-order valence-corrected chi connectivity index (χ2v) is 5.68. The molecule has 1 aromatic carbocycles. The third-order valence-electron chi connectivity index (χ3n) is 3.63. The Bertz CT molecular complexity index is 649. The highest BCUT2D eigenvalue weighted by Gasteiger charge is 2.02. The normalized spacial score (nSPS) is 10.9. The quantitative estimate of drug-likeness (QED) is 0.617. The van der Waals surface area contributed by atoms with Gasteiger partial charge in [-0.2, -0.15) is 0 Å². The van der Waals surface area contributed by atoms with Gasteiger partial charge in [-0.25, -0.2) is 4.79 Å². The topological polar surface area (TPSA) is 71.7 Å². The number of nitrogens with one attached hydrogen (secondary N) is 1. The van der Waals surface area contributed by atoms with Gasteiger partial charge >= 0.3 is 6.09 Å². The van der Waals surface area contributed by atoms with Crippen molar-refractivity contribution in [3.05, 3.63) is 60.1 Å². The van der Waals surface area contributed by atoms with Crippen molar-refractivity contribution in [3.8, 4) is 0 Å². The lowest BCUT2D eigenvalue weighted by atomic mass is 10.1. The molecule has 0 saturated heterocycles. The highest BCUT2D eigenvalue weighted by Crippen LogP contribution is 2.13. The lowest BCUT2D eigenvalue weighted by Gasteiger charge is -2.04. The summed E-state index contributed by atoms with van der Waals surface area (Å²) in [5, 5.41) is 11.4. The van der Waals surface area contributed by atoms with Crippen LogP contribution in [0.3, 0.4) is 0 Å². The smallest absolute Gasteiger partial charge is 0.411 e. The van der Waals surface area contributed by atoms with Crippen molar-refractivity contribution in [1.29, 1.82) is 0 Å². The molecule has 0 fully saturated rings. The molecule has 0 aliphatic carbocycles. The van der Waals surface area contributed by atoms with E-state index in [2.05, 4.69) is 5.32 Å². The van der Waals surface area contributed by atoms with E-state index in [1.807, 2.05) is 30.3 Å². The summed E-state index contributed by atoms with van der Waals surface area (Å²) < 4.78 is 10.8. The van der Waals surface area contributed by atoms with E-state index in [4.69, 9.17) is 14.3 Å². The molecule has 1 amide bonds. The minimum absolute atomic E-state index is 0.176. The monoisotopic (exact) mass is 343 g/mol. The summed E-state index contributed by atoms with van der Waals surface area (Å²) in [4.78, 5) is 11.6. The number of anilines is 1. The maximum Gasteiger partial charge on any atom is 0.411 e. The van der Waals surface area contributed by atoms with E-state index in [0.717, 1.165) is 43.6 Å². The summed E-state index contributed by atoms with van der Waals surface area (Å²) in [6.45, 7) is 0.441. The van der Waals surface area contributed by atoms with Crippen LogP contribution in [0, 0.1) is 0 Å². The molecular formula is C20H25NO4. The van der Waals surface area contributed by atoms with Gasteiger partial charge in [-0.1, -0.05) is 31.0 Å². The third kappa shape index (κ3) is 7.72. The zero-order chi connectivity index (χ0) is 17.7. The van der Waals surface area contributed by atoms with Crippen LogP contribution in [0.2, 0.25) is 0 Å². The minimum atomic E-state index is -0.487. The van der Waals surface area contributed by atoms with E-state index < -0.39 is 6.09 Å². The minimum Gasteiger partial charge on any atom is -0.462 e. The number of carbonyl (C=O) groups excluding carboxylic acids is 1. The number of unbranched alkanes of at least 4 members (excludes halogenated alkanes) is 3. The first kappa shape index (κ1) is 18.8. The van der Waals surface area contributed by atoms with E-state index in [1.54, 1.807) is 24.3 Å². The molecule has 0 aliphatic rings. The first-order valence-corrected chi connectivity index (χ1v) is 8.63. The van der Waals surface area contributed by atoms with Gasteiger partial charge in [0.2, 0.25) is 0 Å². The van der Waals surface area contributed by atoms with E-state index >= 15 is 0 Å². The van der Waals surface area contributed by atoms with Gasteiger partial charge in [0.05, 0.1) is 0 Å². The number of hydrogen-bond acceptors (Lipinski definition) is 4. The van der Waals surface area contributed by atoms with Gasteiger partial charge in [0.15, 0.2) is 0 Å². The number of ether oxygens (including phenoxy) is 1. The summed E-state index contributed by atoms with van der Waals surface area (Å²) >= 11 is 0. The number of aliphatic hydroxyl groups is 1. The molecule has 2 rings (SSSR count). The predicted octanol–water partition coefficient (Wildman–Crippen LogP) is 4.64. The maximum absolute atomic E-state index is 11.6. The third-order valence-corrected chi connectivity index (χ3v) is 3.63. The van der Waals surface area contributed by atoms with Gasteiger partial charge in [-0.05, 0) is 49.3 Å². The Kier molecular flexibility index (Phi) is 8.35. The molecule has 0 unspecified atom stereocenters. The lowest BCUT2D eigenvalue weighted by Crippen LogP contribution is -2.13. The zero-order valence-electron chi connectivity index (χ0n) is 14.3. The molecule has 0 aliphatic heterocycles. The second-order valence-electron chi connectivity index (χ2n) is 5.68. The first-order valence-electron chi connectivity index (χ1n) is 8.63. The number of rotatable bonds is 10. The van der Waals surface area contributed by atoms with Crippen LogP contribution in [0.25, 0.3) is 6.08 Å². The fraction of sp³-hybridized carbons (Fsp3) is 0.350. The standard InChI is InChI=1S/C20H25NO4/c22-15-7-2-1-6-11-18-13-14-19(25-18)12-8-16-24-20(23)21-17-9-4-3-5-10-17/h3-5,8-10,12-14,22H,1-2,6-7,11,15-16H2,(H,21,23). The van der Waals surface area contributed by atoms with Gasteiger partial charge in [-0.3, -0.25) is 5.32 Å². The molecule has 5 nitrogen and oxygen atoms in total. The predicted molar refractivity (Wildman–Crippen MR) is 98.4 cm³/mol. The Hall–Kier alpha value is -2.53. The van der Waals surface area contributed by atoms with Crippen LogP contribution in [-0.4, -0.2) is 24.4 Å². The summed E-state index contributed by atoms with van der Waals surface area (Å²) in [6.07, 6.45) is 8.01. The molecular weight excluding hydrogens is 318 g/mol. The number of aryl methyl sites for hydroxylation is 1. The Labute approximate surface area is 148 Å². The number of para-hydroxylation sites is 1. The summed E-state index contributed by atoms with van der Waals surface area (Å²) in [5.41, 5.74) is 0.700. The van der Waals surface area contributed by atoms with E-state index in [1.165, 1.54) is 0 Å². The number of benzene rings is 1. The Morgan fingerprint density at radius 1 is 1.08 bits per heavy atom. The van der Waals surface area contributed by atoms with Gasteiger partial charge in [-0.15, -0.1) is 0 Å². The Morgan fingerprint density at radius 2 is 1.88 bits per heavy atom. The van der Waals surface area contributed by atoms with Crippen LogP contribution < -0.4 is 5.32 Å². The molecule has 0 spiro atoms. The van der Waals surface area contributed by atoms with Gasteiger partial charge in [0.1, 0.15) is 18.1 Å². The molecule has 0 saturated carbocycles. The number of hydrogen-bond donors (Lipinski definition) is 2. The fourth-order valence-electron chi connectivity index (χ4n) is 2.35. The Balaban J connectivity index is 1.64. The van der Waals surface area contributed by atoms with Crippen molar-refractivity contribution >= 4 is 17.9 Å². The van der Waals surface area contributed by atoms with Crippen LogP contribution in [0.5, 0.6) is 0 Å². The zero-order valence-corrected chi connectivity index (χ0v) is 14.3. The maximum atomic E-state index is 11.6. The molecule has 1 heterocycles. The number of carbonyl (C=O) groups is 1. The van der Waals surface area contributed by atoms with Gasteiger partial charge < -0.3 is 14.3 Å². The molecule has 2 N–H and O–H groups in total. The van der Waals surface area contributed by atoms with Crippen LogP contribution in [0.4, 0.5) is 10.5 Å². The van der Waals surface area contributed by atoms with Gasteiger partial charge in [0.25, 0.3) is 0 Å². The van der Waals surface area contributed by atoms with Crippen LogP contribution in [0.15, 0.2) is 53.0 Å². The van der Waals surface area contributed by atoms with E-state index in [0.29, 0.717) is 5.69 Å². The summed E-state index contributed by atoms with van der Waals surface area (Å²) in [5.74, 6) is 1.70. The second kappa shape index (κ2) is 11.1. The van der Waals surface area contributed by atoms with Crippen LogP contribution >= 0.6 is 0 Å². The highest BCUT2D eigenvalue weighted by atomic mass is 16.5. The van der Waals surface area contributed by atoms with Gasteiger partial charge in [0, 0.05) is 18.7 Å². The largest absolute Gasteiger partial charge is 0.462 e. The van der Waals surface area contributed by atoms with Crippen molar-refractivity contribution < 1.29 is 19.1 Å². The molecule has 0 bridgehead atoms. The van der Waals surface area contributed by atoms with Crippen molar-refractivity contribution in [3.63, 3.8) is 0 Å². The number of aliphatic hydroxyl groups excluding tert-OH is 1. The number of amides is 1. The molecule has 0 radical (unpaired) electrons. The fourth-order valence-corrected chi connectivity index (χ4v) is 2.35. The van der Waals surface area contributed by atoms with Crippen LogP contribution in [-0.2, 0) is 11.2 Å². The van der Waals surface area contributed by atoms with Crippen molar-refractivity contribution in [2.24, 2.45) is 0 Å². The molecule has 2 aromatic rings. The number of furan rings is 1. The van der Waals surface area contributed by atoms with Crippen molar-refractivity contribution in [2.75, 3.05) is 18.5 Å². The Morgan fingerprint density at radius 3 is 2.68 bits per heavy atom. The SMILES string of the molecule is O=C(Nc1ccccc1)OCC=Cc1ccc(CCCCCCO)o1. The molecule has 1 aromatic heterocycles.